The summed E-state index contributed by atoms with van der Waals surface area (Å²) in [5.74, 6) is -0.565. The number of nitrogens with one attached hydrogen (secondary N) is 1. The molecule has 3 aromatic heterocycles. The molecule has 0 bridgehead atoms. The third-order valence-corrected chi connectivity index (χ3v) is 4.14. The van der Waals surface area contributed by atoms with Gasteiger partial charge in [-0.15, -0.1) is 11.3 Å². The van der Waals surface area contributed by atoms with Gasteiger partial charge in [0.1, 0.15) is 11.2 Å². The molecule has 118 valence electrons. The van der Waals surface area contributed by atoms with Crippen LogP contribution in [0.5, 0.6) is 0 Å². The maximum absolute atomic E-state index is 12.1. The van der Waals surface area contributed by atoms with Gasteiger partial charge in [-0.25, -0.2) is 14.5 Å². The Bertz CT molecular complexity index is 965. The SMILES string of the molecule is CC(C)n1ncc2c(=O)[nH]c(C=Cc3cc(C(=O)O)cs3)nc21. The molecule has 3 rings (SSSR count). The summed E-state index contributed by atoms with van der Waals surface area (Å²) in [6.45, 7) is 3.92. The first-order valence-corrected chi connectivity index (χ1v) is 7.81. The number of aromatic nitrogens is 4. The summed E-state index contributed by atoms with van der Waals surface area (Å²) in [5.41, 5.74) is 0.518. The van der Waals surface area contributed by atoms with Crippen LogP contribution in [0, 0.1) is 0 Å². The van der Waals surface area contributed by atoms with Gasteiger partial charge < -0.3 is 10.1 Å². The van der Waals surface area contributed by atoms with Crippen LogP contribution in [0.3, 0.4) is 0 Å². The monoisotopic (exact) mass is 330 g/mol. The molecule has 0 amide bonds. The first-order chi connectivity index (χ1) is 11.0. The lowest BCUT2D eigenvalue weighted by atomic mass is 10.3. The Morgan fingerprint density at radius 3 is 2.87 bits per heavy atom. The maximum Gasteiger partial charge on any atom is 0.336 e. The van der Waals surface area contributed by atoms with Crippen LogP contribution in [-0.2, 0) is 0 Å². The summed E-state index contributed by atoms with van der Waals surface area (Å²) in [6.07, 6.45) is 4.88. The summed E-state index contributed by atoms with van der Waals surface area (Å²) < 4.78 is 1.69. The van der Waals surface area contributed by atoms with Crippen molar-refractivity contribution in [2.24, 2.45) is 0 Å². The summed E-state index contributed by atoms with van der Waals surface area (Å²) in [5, 5.41) is 15.1. The van der Waals surface area contributed by atoms with E-state index in [9.17, 15) is 9.59 Å². The van der Waals surface area contributed by atoms with Gasteiger partial charge in [0.15, 0.2) is 5.65 Å². The van der Waals surface area contributed by atoms with Gasteiger partial charge >= 0.3 is 5.97 Å². The number of hydrogen-bond donors (Lipinski definition) is 2. The Balaban J connectivity index is 1.99. The van der Waals surface area contributed by atoms with Gasteiger partial charge in [0.2, 0.25) is 0 Å². The smallest absolute Gasteiger partial charge is 0.336 e. The molecule has 0 atom stereocenters. The molecule has 0 unspecified atom stereocenters. The van der Waals surface area contributed by atoms with E-state index in [0.717, 1.165) is 4.88 Å². The molecule has 0 aromatic carbocycles. The Morgan fingerprint density at radius 2 is 2.22 bits per heavy atom. The van der Waals surface area contributed by atoms with E-state index < -0.39 is 5.97 Å². The van der Waals surface area contributed by atoms with Crippen molar-refractivity contribution in [2.45, 2.75) is 19.9 Å². The largest absolute Gasteiger partial charge is 0.478 e. The number of carboxylic acids is 1. The number of aromatic carboxylic acids is 1. The van der Waals surface area contributed by atoms with E-state index in [1.807, 2.05) is 13.8 Å². The molecule has 0 saturated heterocycles. The Labute approximate surface area is 134 Å². The van der Waals surface area contributed by atoms with Gasteiger partial charge in [-0.1, -0.05) is 0 Å². The van der Waals surface area contributed by atoms with Gasteiger partial charge in [0.05, 0.1) is 11.8 Å². The van der Waals surface area contributed by atoms with Crippen LogP contribution in [0.15, 0.2) is 22.4 Å². The lowest BCUT2D eigenvalue weighted by Crippen LogP contribution is -2.11. The van der Waals surface area contributed by atoms with Crippen LogP contribution in [0.2, 0.25) is 0 Å². The quantitative estimate of drug-likeness (QED) is 0.766. The summed E-state index contributed by atoms with van der Waals surface area (Å²) in [6, 6.07) is 1.66. The molecule has 3 heterocycles. The molecule has 0 fully saturated rings. The minimum atomic E-state index is -0.963. The second-order valence-corrected chi connectivity index (χ2v) is 6.19. The minimum Gasteiger partial charge on any atom is -0.478 e. The van der Waals surface area contributed by atoms with E-state index >= 15 is 0 Å². The molecule has 3 aromatic rings. The second-order valence-electron chi connectivity index (χ2n) is 5.25. The number of carbonyl (C=O) groups is 1. The van der Waals surface area contributed by atoms with Crippen molar-refractivity contribution in [3.8, 4) is 0 Å². The number of thiophene rings is 1. The molecule has 0 aliphatic rings. The molecular formula is C15H14N4O3S. The number of fused-ring (bicyclic) bond motifs is 1. The van der Waals surface area contributed by atoms with Crippen molar-refractivity contribution in [1.82, 2.24) is 19.7 Å². The molecule has 0 radical (unpaired) electrons. The van der Waals surface area contributed by atoms with Crippen LogP contribution >= 0.6 is 11.3 Å². The fourth-order valence-corrected chi connectivity index (χ4v) is 2.90. The lowest BCUT2D eigenvalue weighted by molar-refractivity contribution is 0.0697. The molecule has 0 saturated carbocycles. The van der Waals surface area contributed by atoms with Gasteiger partial charge in [-0.05, 0) is 32.1 Å². The first kappa shape index (κ1) is 15.2. The molecule has 23 heavy (non-hydrogen) atoms. The predicted molar refractivity (Wildman–Crippen MR) is 88.7 cm³/mol. The second kappa shape index (κ2) is 5.81. The molecule has 0 aliphatic heterocycles. The zero-order valence-corrected chi connectivity index (χ0v) is 13.3. The van der Waals surface area contributed by atoms with Crippen LogP contribution in [-0.4, -0.2) is 30.8 Å². The summed E-state index contributed by atoms with van der Waals surface area (Å²) in [4.78, 5) is 30.8. The normalized spacial score (nSPS) is 11.8. The summed E-state index contributed by atoms with van der Waals surface area (Å²) in [7, 11) is 0. The molecule has 7 nitrogen and oxygen atoms in total. The fourth-order valence-electron chi connectivity index (χ4n) is 2.12. The standard InChI is InChI=1S/C15H14N4O3S/c1-8(2)19-13-11(6-16-19)14(20)18-12(17-13)4-3-10-5-9(7-23-10)15(21)22/h3-8H,1-2H3,(H,21,22)(H,17,18,20). The van der Waals surface area contributed by atoms with Crippen molar-refractivity contribution in [1.29, 1.82) is 0 Å². The number of hydrogen-bond acceptors (Lipinski definition) is 5. The van der Waals surface area contributed by atoms with Crippen LogP contribution in [0.1, 0.15) is 40.9 Å². The zero-order chi connectivity index (χ0) is 16.6. The van der Waals surface area contributed by atoms with E-state index in [1.54, 1.807) is 28.3 Å². The third kappa shape index (κ3) is 2.93. The number of aromatic amines is 1. The highest BCUT2D eigenvalue weighted by Crippen LogP contribution is 2.18. The Hall–Kier alpha value is -2.74. The highest BCUT2D eigenvalue weighted by atomic mass is 32.1. The topological polar surface area (TPSA) is 101 Å². The first-order valence-electron chi connectivity index (χ1n) is 6.93. The van der Waals surface area contributed by atoms with E-state index in [2.05, 4.69) is 15.1 Å². The van der Waals surface area contributed by atoms with Crippen LogP contribution in [0.25, 0.3) is 23.2 Å². The average Bonchev–Trinajstić information content (AvgIpc) is 3.12. The van der Waals surface area contributed by atoms with E-state index in [4.69, 9.17) is 5.11 Å². The number of rotatable bonds is 4. The Kier molecular flexibility index (Phi) is 3.83. The lowest BCUT2D eigenvalue weighted by Gasteiger charge is -2.05. The Morgan fingerprint density at radius 1 is 1.43 bits per heavy atom. The molecule has 0 spiro atoms. The van der Waals surface area contributed by atoms with Crippen molar-refractivity contribution in [2.75, 3.05) is 0 Å². The molecule has 0 aliphatic carbocycles. The number of carboxylic acid groups (broad SMARTS) is 1. The van der Waals surface area contributed by atoms with Gasteiger partial charge in [0.25, 0.3) is 5.56 Å². The highest BCUT2D eigenvalue weighted by Gasteiger charge is 2.11. The van der Waals surface area contributed by atoms with Crippen molar-refractivity contribution < 1.29 is 9.90 Å². The molecule has 2 N–H and O–H groups in total. The summed E-state index contributed by atoms with van der Waals surface area (Å²) >= 11 is 1.31. The van der Waals surface area contributed by atoms with Crippen molar-refractivity contribution in [3.63, 3.8) is 0 Å². The highest BCUT2D eigenvalue weighted by molar-refractivity contribution is 7.11. The molecular weight excluding hydrogens is 316 g/mol. The van der Waals surface area contributed by atoms with E-state index in [-0.39, 0.29) is 17.2 Å². The maximum atomic E-state index is 12.1. The van der Waals surface area contributed by atoms with E-state index in [0.29, 0.717) is 16.9 Å². The van der Waals surface area contributed by atoms with Gasteiger partial charge in [-0.2, -0.15) is 5.10 Å². The zero-order valence-electron chi connectivity index (χ0n) is 12.5. The van der Waals surface area contributed by atoms with Crippen LogP contribution < -0.4 is 5.56 Å². The number of nitrogens with zero attached hydrogens (tertiary/aromatic N) is 3. The number of H-pyrrole nitrogens is 1. The van der Waals surface area contributed by atoms with E-state index in [1.165, 1.54) is 17.5 Å². The van der Waals surface area contributed by atoms with Gasteiger partial charge in [-0.3, -0.25) is 4.79 Å². The van der Waals surface area contributed by atoms with Crippen molar-refractivity contribution >= 4 is 40.5 Å². The molecule has 8 heteroatoms. The average molecular weight is 330 g/mol. The van der Waals surface area contributed by atoms with Crippen LogP contribution in [0.4, 0.5) is 0 Å². The third-order valence-electron chi connectivity index (χ3n) is 3.24. The fraction of sp³-hybridized carbons (Fsp3) is 0.200. The van der Waals surface area contributed by atoms with Gasteiger partial charge in [0, 0.05) is 16.3 Å². The predicted octanol–water partition coefficient (Wildman–Crippen LogP) is 2.63. The minimum absolute atomic E-state index is 0.0917. The van der Waals surface area contributed by atoms with Crippen molar-refractivity contribution in [3.05, 3.63) is 44.3 Å².